The van der Waals surface area contributed by atoms with Gasteiger partial charge in [-0.1, -0.05) is 68.4 Å². The predicted octanol–water partition coefficient (Wildman–Crippen LogP) is 5.01. The predicted molar refractivity (Wildman–Crippen MR) is 109 cm³/mol. The Labute approximate surface area is 163 Å². The number of carbonyl (C=O) groups is 3. The maximum absolute atomic E-state index is 12.9. The van der Waals surface area contributed by atoms with Gasteiger partial charge >= 0.3 is 0 Å². The molecule has 2 aromatic rings. The van der Waals surface area contributed by atoms with Crippen LogP contribution in [0.4, 0.5) is 5.13 Å². The van der Waals surface area contributed by atoms with Gasteiger partial charge in [0.1, 0.15) is 6.29 Å². The van der Waals surface area contributed by atoms with Crippen molar-refractivity contribution < 1.29 is 14.4 Å². The summed E-state index contributed by atoms with van der Waals surface area (Å²) in [4.78, 5) is 39.2. The van der Waals surface area contributed by atoms with Crippen molar-refractivity contribution in [2.45, 2.75) is 39.5 Å². The zero-order chi connectivity index (χ0) is 19.6. The van der Waals surface area contributed by atoms with Gasteiger partial charge in [0, 0.05) is 11.1 Å². The quantitative estimate of drug-likeness (QED) is 0.462. The molecule has 1 N–H and O–H groups in total. The van der Waals surface area contributed by atoms with Crippen molar-refractivity contribution in [1.29, 1.82) is 0 Å². The maximum Gasteiger partial charge on any atom is 0.257 e. The molecule has 0 saturated carbocycles. The Morgan fingerprint density at radius 3 is 2.30 bits per heavy atom. The Bertz CT molecular complexity index is 803. The van der Waals surface area contributed by atoms with E-state index in [9.17, 15) is 14.4 Å². The van der Waals surface area contributed by atoms with Crippen LogP contribution >= 0.6 is 11.3 Å². The molecular formula is C21H24N2O3S. The van der Waals surface area contributed by atoms with Gasteiger partial charge < -0.3 is 0 Å². The fourth-order valence-corrected chi connectivity index (χ4v) is 3.52. The van der Waals surface area contributed by atoms with Gasteiger partial charge in [-0.2, -0.15) is 0 Å². The molecule has 6 heteroatoms. The van der Waals surface area contributed by atoms with Crippen LogP contribution < -0.4 is 5.32 Å². The third-order valence-electron chi connectivity index (χ3n) is 4.18. The van der Waals surface area contributed by atoms with E-state index in [1.54, 1.807) is 24.3 Å². The van der Waals surface area contributed by atoms with Gasteiger partial charge in [0.15, 0.2) is 11.4 Å². The summed E-state index contributed by atoms with van der Waals surface area (Å²) in [5, 5.41) is 3.17. The van der Waals surface area contributed by atoms with Crippen molar-refractivity contribution in [3.63, 3.8) is 0 Å². The molecule has 0 radical (unpaired) electrons. The topological polar surface area (TPSA) is 76.1 Å². The highest BCUT2D eigenvalue weighted by atomic mass is 32.1. The molecule has 2 rings (SSSR count). The van der Waals surface area contributed by atoms with E-state index in [1.165, 1.54) is 6.20 Å². The van der Waals surface area contributed by atoms with Gasteiger partial charge in [0.2, 0.25) is 0 Å². The van der Waals surface area contributed by atoms with Crippen LogP contribution in [0, 0.1) is 5.92 Å². The SMILES string of the molecule is CCCC(/C=C(/C(=O)Nc1ncc(C=O)s1)c1ccc(C=O)cc1)CCC. The van der Waals surface area contributed by atoms with E-state index in [-0.39, 0.29) is 5.91 Å². The zero-order valence-electron chi connectivity index (χ0n) is 15.6. The van der Waals surface area contributed by atoms with Crippen LogP contribution in [0.5, 0.6) is 0 Å². The maximum atomic E-state index is 12.9. The van der Waals surface area contributed by atoms with E-state index in [0.717, 1.165) is 48.9 Å². The molecule has 0 saturated heterocycles. The van der Waals surface area contributed by atoms with Crippen LogP contribution in [0.3, 0.4) is 0 Å². The van der Waals surface area contributed by atoms with E-state index in [2.05, 4.69) is 24.1 Å². The molecular weight excluding hydrogens is 360 g/mol. The molecule has 0 aliphatic carbocycles. The largest absolute Gasteiger partial charge is 0.298 e. The highest BCUT2D eigenvalue weighted by Gasteiger charge is 2.17. The summed E-state index contributed by atoms with van der Waals surface area (Å²) in [7, 11) is 0. The number of anilines is 1. The number of nitrogens with zero attached hydrogens (tertiary/aromatic N) is 1. The van der Waals surface area contributed by atoms with Crippen molar-refractivity contribution in [3.05, 3.63) is 52.5 Å². The Kier molecular flexibility index (Phi) is 8.07. The number of allylic oxidation sites excluding steroid dienone is 1. The second-order valence-electron chi connectivity index (χ2n) is 6.30. The van der Waals surface area contributed by atoms with E-state index >= 15 is 0 Å². The summed E-state index contributed by atoms with van der Waals surface area (Å²) in [6, 6.07) is 6.96. The van der Waals surface area contributed by atoms with E-state index < -0.39 is 0 Å². The Hall–Kier alpha value is -2.60. The number of thiazole rings is 1. The molecule has 27 heavy (non-hydrogen) atoms. The number of amides is 1. The third kappa shape index (κ3) is 5.96. The number of nitrogens with one attached hydrogen (secondary N) is 1. The third-order valence-corrected chi connectivity index (χ3v) is 5.02. The first-order valence-corrected chi connectivity index (χ1v) is 9.92. The van der Waals surface area contributed by atoms with Gasteiger partial charge in [-0.25, -0.2) is 4.98 Å². The molecule has 1 aromatic carbocycles. The summed E-state index contributed by atoms with van der Waals surface area (Å²) in [5.74, 6) is 0.0335. The molecule has 0 unspecified atom stereocenters. The summed E-state index contributed by atoms with van der Waals surface area (Å²) < 4.78 is 0. The molecule has 0 spiro atoms. The highest BCUT2D eigenvalue weighted by Crippen LogP contribution is 2.25. The van der Waals surface area contributed by atoms with Crippen LogP contribution in [-0.2, 0) is 4.79 Å². The van der Waals surface area contributed by atoms with E-state index in [4.69, 9.17) is 0 Å². The van der Waals surface area contributed by atoms with E-state index in [1.807, 2.05) is 6.08 Å². The molecule has 0 fully saturated rings. The van der Waals surface area contributed by atoms with Gasteiger partial charge in [-0.05, 0) is 24.3 Å². The summed E-state index contributed by atoms with van der Waals surface area (Å²) in [5.41, 5.74) is 1.87. The normalized spacial score (nSPS) is 11.4. The minimum absolute atomic E-state index is 0.266. The first kappa shape index (κ1) is 20.7. The van der Waals surface area contributed by atoms with E-state index in [0.29, 0.717) is 33.3 Å². The van der Waals surface area contributed by atoms with Crippen molar-refractivity contribution >= 4 is 40.5 Å². The highest BCUT2D eigenvalue weighted by molar-refractivity contribution is 7.17. The minimum Gasteiger partial charge on any atom is -0.298 e. The summed E-state index contributed by atoms with van der Waals surface area (Å²) in [6.07, 6.45) is 9.03. The molecule has 142 valence electrons. The first-order chi connectivity index (χ1) is 13.1. The van der Waals surface area contributed by atoms with Crippen molar-refractivity contribution in [3.8, 4) is 0 Å². The van der Waals surface area contributed by atoms with Crippen molar-refractivity contribution in [1.82, 2.24) is 4.98 Å². The van der Waals surface area contributed by atoms with Crippen LogP contribution in [0.2, 0.25) is 0 Å². The van der Waals surface area contributed by atoms with Gasteiger partial charge in [-0.3, -0.25) is 19.7 Å². The molecule has 1 aromatic heterocycles. The number of hydrogen-bond donors (Lipinski definition) is 1. The average molecular weight is 385 g/mol. The van der Waals surface area contributed by atoms with Crippen molar-refractivity contribution in [2.75, 3.05) is 5.32 Å². The Morgan fingerprint density at radius 2 is 1.78 bits per heavy atom. The second kappa shape index (κ2) is 10.5. The second-order valence-corrected chi connectivity index (χ2v) is 7.36. The van der Waals surface area contributed by atoms with Gasteiger partial charge in [0.05, 0.1) is 11.1 Å². The van der Waals surface area contributed by atoms with Crippen LogP contribution in [0.15, 0.2) is 36.5 Å². The van der Waals surface area contributed by atoms with Crippen molar-refractivity contribution in [2.24, 2.45) is 5.92 Å². The number of aldehydes is 2. The summed E-state index contributed by atoms with van der Waals surface area (Å²) in [6.45, 7) is 4.26. The number of rotatable bonds is 10. The molecule has 0 bridgehead atoms. The molecule has 5 nitrogen and oxygen atoms in total. The lowest BCUT2D eigenvalue weighted by molar-refractivity contribution is -0.111. The van der Waals surface area contributed by atoms with Crippen LogP contribution in [0.1, 0.15) is 65.1 Å². The lowest BCUT2D eigenvalue weighted by atomic mass is 9.92. The number of carbonyl (C=O) groups excluding carboxylic acids is 3. The Balaban J connectivity index is 2.35. The monoisotopic (exact) mass is 384 g/mol. The number of hydrogen-bond acceptors (Lipinski definition) is 5. The number of aromatic nitrogens is 1. The molecule has 0 atom stereocenters. The average Bonchev–Trinajstić information content (AvgIpc) is 3.14. The fourth-order valence-electron chi connectivity index (χ4n) is 2.90. The first-order valence-electron chi connectivity index (χ1n) is 9.11. The molecule has 0 aliphatic heterocycles. The smallest absolute Gasteiger partial charge is 0.257 e. The van der Waals surface area contributed by atoms with Gasteiger partial charge in [-0.15, -0.1) is 0 Å². The molecule has 0 aliphatic rings. The van der Waals surface area contributed by atoms with Crippen LogP contribution in [0.25, 0.3) is 5.57 Å². The van der Waals surface area contributed by atoms with Crippen LogP contribution in [-0.4, -0.2) is 23.5 Å². The summed E-state index contributed by atoms with van der Waals surface area (Å²) >= 11 is 1.13. The molecule has 1 heterocycles. The number of benzene rings is 1. The fraction of sp³-hybridized carbons (Fsp3) is 0.333. The Morgan fingerprint density at radius 1 is 1.11 bits per heavy atom. The van der Waals surface area contributed by atoms with Gasteiger partial charge in [0.25, 0.3) is 5.91 Å². The zero-order valence-corrected chi connectivity index (χ0v) is 16.4. The minimum atomic E-state index is -0.266. The molecule has 1 amide bonds. The standard InChI is InChI=1S/C21H24N2O3S/c1-3-5-15(6-4-2)11-19(17-9-7-16(13-24)8-10-17)20(26)23-21-22-12-18(14-25)27-21/h7-15H,3-6H2,1-2H3,(H,22,23,26)/b19-11+. The lowest BCUT2D eigenvalue weighted by Crippen LogP contribution is -2.15. The lowest BCUT2D eigenvalue weighted by Gasteiger charge is -2.14.